The number of rotatable bonds is 3. The van der Waals surface area contributed by atoms with Gasteiger partial charge in [0.15, 0.2) is 0 Å². The Balaban J connectivity index is 2.18. The van der Waals surface area contributed by atoms with Crippen LogP contribution in [0.5, 0.6) is 0 Å². The molecule has 4 N–H and O–H groups in total. The fourth-order valence-electron chi connectivity index (χ4n) is 1.18. The Morgan fingerprint density at radius 2 is 2.35 bits per heavy atom. The Morgan fingerprint density at radius 1 is 1.59 bits per heavy atom. The average molecular weight is 287 g/mol. The van der Waals surface area contributed by atoms with E-state index in [0.717, 1.165) is 0 Å². The molecule has 0 aliphatic heterocycles. The second kappa shape index (κ2) is 4.82. The summed E-state index contributed by atoms with van der Waals surface area (Å²) in [5, 5.41) is 9.01. The van der Waals surface area contributed by atoms with Crippen LogP contribution >= 0.6 is 35.2 Å². The van der Waals surface area contributed by atoms with Gasteiger partial charge in [0.05, 0.1) is 21.0 Å². The van der Waals surface area contributed by atoms with Crippen molar-refractivity contribution in [2.24, 2.45) is 5.73 Å². The lowest BCUT2D eigenvalue weighted by molar-refractivity contribution is 0.103. The maximum Gasteiger partial charge on any atom is 0.266 e. The summed E-state index contributed by atoms with van der Waals surface area (Å²) in [6, 6.07) is 3.29. The van der Waals surface area contributed by atoms with Gasteiger partial charge in [-0.3, -0.25) is 9.89 Å². The van der Waals surface area contributed by atoms with Gasteiger partial charge >= 0.3 is 0 Å². The zero-order chi connectivity index (χ0) is 12.4. The van der Waals surface area contributed by atoms with E-state index in [4.69, 9.17) is 29.6 Å². The number of hydrogen-bond acceptors (Lipinski definition) is 4. The van der Waals surface area contributed by atoms with Gasteiger partial charge in [0.2, 0.25) is 0 Å². The van der Waals surface area contributed by atoms with Gasteiger partial charge in [-0.25, -0.2) is 0 Å². The number of nitrogens with one attached hydrogen (secondary N) is 2. The molecule has 0 aliphatic rings. The molecule has 1 amide bonds. The molecule has 0 radical (unpaired) electrons. The third-order valence-corrected chi connectivity index (χ3v) is 3.39. The molecule has 2 aromatic heterocycles. The van der Waals surface area contributed by atoms with E-state index >= 15 is 0 Å². The second-order valence-electron chi connectivity index (χ2n) is 3.08. The van der Waals surface area contributed by atoms with Crippen molar-refractivity contribution < 1.29 is 4.79 Å². The number of carbonyl (C=O) groups excluding carboxylic acids is 1. The molecule has 2 rings (SSSR count). The molecule has 0 atom stereocenters. The van der Waals surface area contributed by atoms with E-state index in [1.54, 1.807) is 12.1 Å². The number of aromatic amines is 1. The number of hydrogen-bond donors (Lipinski definition) is 3. The van der Waals surface area contributed by atoms with Crippen LogP contribution in [-0.4, -0.2) is 21.1 Å². The third kappa shape index (κ3) is 2.63. The first-order chi connectivity index (χ1) is 8.08. The van der Waals surface area contributed by atoms with E-state index in [1.807, 2.05) is 0 Å². The van der Waals surface area contributed by atoms with Crippen LogP contribution in [0, 0.1) is 0 Å². The van der Waals surface area contributed by atoms with Gasteiger partial charge in [-0.2, -0.15) is 5.10 Å². The molecule has 2 heterocycles. The lowest BCUT2D eigenvalue weighted by atomic mass is 10.3. The number of thiocarbonyl (C=S) groups is 1. The maximum absolute atomic E-state index is 11.8. The van der Waals surface area contributed by atoms with E-state index in [2.05, 4.69) is 15.5 Å². The first-order valence-electron chi connectivity index (χ1n) is 4.48. The van der Waals surface area contributed by atoms with Crippen LogP contribution in [0.1, 0.15) is 15.2 Å². The van der Waals surface area contributed by atoms with Gasteiger partial charge in [0, 0.05) is 0 Å². The van der Waals surface area contributed by atoms with Crippen LogP contribution < -0.4 is 11.1 Å². The molecule has 0 aromatic carbocycles. The smallest absolute Gasteiger partial charge is 0.266 e. The summed E-state index contributed by atoms with van der Waals surface area (Å²) in [5.41, 5.74) is 5.98. The number of aromatic nitrogens is 2. The minimum atomic E-state index is -0.288. The highest BCUT2D eigenvalue weighted by Gasteiger charge is 2.13. The number of halogens is 1. The Morgan fingerprint density at radius 3 is 2.94 bits per heavy atom. The van der Waals surface area contributed by atoms with Crippen LogP contribution in [0.4, 0.5) is 5.82 Å². The quantitative estimate of drug-likeness (QED) is 0.754. The Hall–Kier alpha value is -1.44. The van der Waals surface area contributed by atoms with Crippen molar-refractivity contribution in [2.75, 3.05) is 5.32 Å². The summed E-state index contributed by atoms with van der Waals surface area (Å²) >= 11 is 11.8. The lowest BCUT2D eigenvalue weighted by Crippen LogP contribution is -2.16. The van der Waals surface area contributed by atoms with Crippen LogP contribution in [0.3, 0.4) is 0 Å². The highest BCUT2D eigenvalue weighted by molar-refractivity contribution is 7.80. The van der Waals surface area contributed by atoms with Gasteiger partial charge in [0.1, 0.15) is 10.8 Å². The molecule has 17 heavy (non-hydrogen) atoms. The summed E-state index contributed by atoms with van der Waals surface area (Å²) < 4.78 is 0.550. The third-order valence-electron chi connectivity index (χ3n) is 1.94. The molecule has 0 saturated heterocycles. The van der Waals surface area contributed by atoms with Gasteiger partial charge in [-0.15, -0.1) is 11.3 Å². The summed E-state index contributed by atoms with van der Waals surface area (Å²) in [6.45, 7) is 0. The first kappa shape index (κ1) is 12.0. The van der Waals surface area contributed by atoms with Crippen LogP contribution in [0.2, 0.25) is 4.34 Å². The van der Waals surface area contributed by atoms with Crippen molar-refractivity contribution in [3.63, 3.8) is 0 Å². The highest BCUT2D eigenvalue weighted by atomic mass is 35.5. The van der Waals surface area contributed by atoms with E-state index < -0.39 is 0 Å². The normalized spacial score (nSPS) is 10.2. The van der Waals surface area contributed by atoms with E-state index in [1.165, 1.54) is 17.5 Å². The standard InChI is InChI=1S/C9H7ClN4OS2/c10-6-2-1-5(17-6)9(15)13-8-4(7(11)16)3-12-14-8/h1-3H,(H2,11,16)(H2,12,13,14,15). The fraction of sp³-hybridized carbons (Fsp3) is 0. The molecule has 0 fully saturated rings. The molecular weight excluding hydrogens is 280 g/mol. The summed E-state index contributed by atoms with van der Waals surface area (Å²) in [6.07, 6.45) is 1.46. The first-order valence-corrected chi connectivity index (χ1v) is 6.08. The minimum Gasteiger partial charge on any atom is -0.389 e. The number of thiophene rings is 1. The average Bonchev–Trinajstić information content (AvgIpc) is 2.86. The SMILES string of the molecule is NC(=S)c1cn[nH]c1NC(=O)c1ccc(Cl)s1. The molecular formula is C9H7ClN4OS2. The van der Waals surface area contributed by atoms with Crippen molar-refractivity contribution >= 4 is 51.9 Å². The highest BCUT2D eigenvalue weighted by Crippen LogP contribution is 2.22. The molecule has 2 aromatic rings. The summed E-state index contributed by atoms with van der Waals surface area (Å²) in [5.74, 6) is 0.0932. The van der Waals surface area contributed by atoms with E-state index in [9.17, 15) is 4.79 Å². The molecule has 88 valence electrons. The van der Waals surface area contributed by atoms with Crippen LogP contribution in [-0.2, 0) is 0 Å². The molecule has 8 heteroatoms. The summed E-state index contributed by atoms with van der Waals surface area (Å²) in [7, 11) is 0. The topological polar surface area (TPSA) is 83.8 Å². The summed E-state index contributed by atoms with van der Waals surface area (Å²) in [4.78, 5) is 12.5. The van der Waals surface area contributed by atoms with Crippen molar-refractivity contribution in [3.05, 3.63) is 33.1 Å². The van der Waals surface area contributed by atoms with E-state index in [0.29, 0.717) is 20.6 Å². The molecule has 0 unspecified atom stereocenters. The van der Waals surface area contributed by atoms with Gasteiger partial charge in [0.25, 0.3) is 5.91 Å². The minimum absolute atomic E-state index is 0.165. The Bertz CT molecular complexity index is 577. The van der Waals surface area contributed by atoms with Gasteiger partial charge in [-0.05, 0) is 12.1 Å². The maximum atomic E-state index is 11.8. The van der Waals surface area contributed by atoms with Crippen molar-refractivity contribution in [2.45, 2.75) is 0 Å². The number of anilines is 1. The Kier molecular flexibility index (Phi) is 3.41. The number of nitrogens with zero attached hydrogens (tertiary/aromatic N) is 1. The molecule has 0 spiro atoms. The van der Waals surface area contributed by atoms with Crippen molar-refractivity contribution in [1.82, 2.24) is 10.2 Å². The Labute approximate surface area is 111 Å². The van der Waals surface area contributed by atoms with Gasteiger partial charge in [-0.1, -0.05) is 23.8 Å². The second-order valence-corrected chi connectivity index (χ2v) is 5.24. The monoisotopic (exact) mass is 286 g/mol. The zero-order valence-corrected chi connectivity index (χ0v) is 10.7. The zero-order valence-electron chi connectivity index (χ0n) is 8.36. The molecule has 0 bridgehead atoms. The fourth-order valence-corrected chi connectivity index (χ4v) is 2.27. The number of carbonyl (C=O) groups is 1. The van der Waals surface area contributed by atoms with E-state index in [-0.39, 0.29) is 10.9 Å². The molecule has 5 nitrogen and oxygen atoms in total. The van der Waals surface area contributed by atoms with Gasteiger partial charge < -0.3 is 11.1 Å². The lowest BCUT2D eigenvalue weighted by Gasteiger charge is -2.02. The molecule has 0 saturated carbocycles. The number of H-pyrrole nitrogens is 1. The van der Waals surface area contributed by atoms with Crippen molar-refractivity contribution in [3.8, 4) is 0 Å². The predicted octanol–water partition coefficient (Wildman–Crippen LogP) is 2.01. The molecule has 0 aliphatic carbocycles. The van der Waals surface area contributed by atoms with Crippen molar-refractivity contribution in [1.29, 1.82) is 0 Å². The van der Waals surface area contributed by atoms with Crippen LogP contribution in [0.25, 0.3) is 0 Å². The number of nitrogens with two attached hydrogens (primary N) is 1. The largest absolute Gasteiger partial charge is 0.389 e. The van der Waals surface area contributed by atoms with Crippen LogP contribution in [0.15, 0.2) is 18.3 Å². The predicted molar refractivity (Wildman–Crippen MR) is 71.8 cm³/mol. The number of amides is 1.